The van der Waals surface area contributed by atoms with Gasteiger partial charge in [0.05, 0.1) is 10.5 Å². The highest BCUT2D eigenvalue weighted by molar-refractivity contribution is 6.01. The van der Waals surface area contributed by atoms with Gasteiger partial charge in [-0.2, -0.15) is 0 Å². The number of nitrogens with one attached hydrogen (secondary N) is 1. The van der Waals surface area contributed by atoms with Gasteiger partial charge in [0.1, 0.15) is 0 Å². The lowest BCUT2D eigenvalue weighted by Crippen LogP contribution is -2.20. The maximum absolute atomic E-state index is 11.0. The summed E-state index contributed by atoms with van der Waals surface area (Å²) < 4.78 is 0. The molecule has 0 spiro atoms. The molecule has 1 rings (SSSR count). The Hall–Kier alpha value is -2.28. The first-order chi connectivity index (χ1) is 7.10. The van der Waals surface area contributed by atoms with Gasteiger partial charge in [0.2, 0.25) is 0 Å². The Bertz CT molecular complexity index is 429. The number of nitro groups is 1. The summed E-state index contributed by atoms with van der Waals surface area (Å²) in [6.07, 6.45) is 0.369. The Labute approximate surface area is 83.4 Å². The summed E-state index contributed by atoms with van der Waals surface area (Å²) in [5.74, 6) is -0.971. The molecule has 0 radical (unpaired) electrons. The second kappa shape index (κ2) is 4.29. The van der Waals surface area contributed by atoms with Gasteiger partial charge in [0, 0.05) is 17.7 Å². The van der Waals surface area contributed by atoms with Crippen molar-refractivity contribution in [3.8, 4) is 0 Å². The average Bonchev–Trinajstić information content (AvgIpc) is 2.27. The van der Waals surface area contributed by atoms with Crippen LogP contribution in [0.2, 0.25) is 0 Å². The molecule has 0 saturated heterocycles. The highest BCUT2D eigenvalue weighted by atomic mass is 16.6. The summed E-state index contributed by atoms with van der Waals surface area (Å²) in [7, 11) is 0. The third kappa shape index (κ3) is 2.15. The normalized spacial score (nSPS) is 9.40. The number of aldehydes is 1. The lowest BCUT2D eigenvalue weighted by molar-refractivity contribution is -0.384. The summed E-state index contributed by atoms with van der Waals surface area (Å²) in [6.45, 7) is 0. The summed E-state index contributed by atoms with van der Waals surface area (Å²) in [5.41, 5.74) is 0.684. The minimum Gasteiger partial charge on any atom is -0.298 e. The smallest absolute Gasteiger partial charge is 0.275 e. The molecular weight excluding hydrogens is 204 g/mol. The van der Waals surface area contributed by atoms with Gasteiger partial charge in [-0.15, -0.1) is 0 Å². The zero-order chi connectivity index (χ0) is 11.4. The van der Waals surface area contributed by atoms with Gasteiger partial charge in [-0.25, -0.2) is 5.48 Å². The van der Waals surface area contributed by atoms with E-state index in [1.807, 2.05) is 0 Å². The average molecular weight is 210 g/mol. The number of carbonyl (C=O) groups is 2. The summed E-state index contributed by atoms with van der Waals surface area (Å²) in [6, 6.07) is 3.14. The summed E-state index contributed by atoms with van der Waals surface area (Å²) >= 11 is 0. The van der Waals surface area contributed by atoms with Gasteiger partial charge in [0.25, 0.3) is 11.6 Å². The molecule has 0 unspecified atom stereocenters. The Morgan fingerprint density at radius 2 is 2.20 bits per heavy atom. The summed E-state index contributed by atoms with van der Waals surface area (Å²) in [5, 5.41) is 18.7. The molecule has 2 N–H and O–H groups in total. The number of nitrogens with zero attached hydrogens (tertiary/aromatic N) is 1. The van der Waals surface area contributed by atoms with Crippen LogP contribution < -0.4 is 5.48 Å². The third-order valence-electron chi connectivity index (χ3n) is 1.72. The zero-order valence-corrected chi connectivity index (χ0v) is 7.34. The lowest BCUT2D eigenvalue weighted by Gasteiger charge is -2.01. The van der Waals surface area contributed by atoms with Crippen LogP contribution in [0.5, 0.6) is 0 Å². The van der Waals surface area contributed by atoms with Crippen molar-refractivity contribution < 1.29 is 19.7 Å². The molecule has 0 aliphatic rings. The minimum absolute atomic E-state index is 0.0350. The topological polar surface area (TPSA) is 110 Å². The van der Waals surface area contributed by atoms with Crippen LogP contribution in [0.25, 0.3) is 0 Å². The van der Waals surface area contributed by atoms with Gasteiger partial charge in [0.15, 0.2) is 6.29 Å². The molecule has 1 aromatic rings. The van der Waals surface area contributed by atoms with Crippen LogP contribution in [-0.2, 0) is 0 Å². The van der Waals surface area contributed by atoms with E-state index in [0.29, 0.717) is 6.29 Å². The standard InChI is InChI=1S/C8H6N2O5/c11-4-5-1-2-6(10(14)15)3-7(5)8(12)9-13/h1-4,13H,(H,9,12). The number of amides is 1. The van der Waals surface area contributed by atoms with Crippen molar-refractivity contribution >= 4 is 17.9 Å². The lowest BCUT2D eigenvalue weighted by atomic mass is 10.1. The molecule has 7 heteroatoms. The molecule has 0 aromatic heterocycles. The van der Waals surface area contributed by atoms with Crippen LogP contribution in [0.1, 0.15) is 20.7 Å². The van der Waals surface area contributed by atoms with Crippen molar-refractivity contribution in [2.45, 2.75) is 0 Å². The molecule has 0 aliphatic carbocycles. The fraction of sp³-hybridized carbons (Fsp3) is 0. The van der Waals surface area contributed by atoms with Gasteiger partial charge in [-0.05, 0) is 6.07 Å². The highest BCUT2D eigenvalue weighted by Gasteiger charge is 2.15. The van der Waals surface area contributed by atoms with Crippen molar-refractivity contribution in [3.05, 3.63) is 39.4 Å². The Kier molecular flexibility index (Phi) is 3.09. The van der Waals surface area contributed by atoms with Gasteiger partial charge in [-0.3, -0.25) is 24.9 Å². The molecule has 7 nitrogen and oxygen atoms in total. The predicted molar refractivity (Wildman–Crippen MR) is 47.7 cm³/mol. The van der Waals surface area contributed by atoms with E-state index < -0.39 is 10.8 Å². The molecule has 0 heterocycles. The molecule has 15 heavy (non-hydrogen) atoms. The number of hydrogen-bond donors (Lipinski definition) is 2. The molecule has 0 fully saturated rings. The number of carbonyl (C=O) groups excluding carboxylic acids is 2. The second-order valence-electron chi connectivity index (χ2n) is 2.59. The first kappa shape index (κ1) is 10.8. The SMILES string of the molecule is O=Cc1ccc([N+](=O)[O-])cc1C(=O)NO. The first-order valence-electron chi connectivity index (χ1n) is 3.78. The molecule has 0 saturated carbocycles. The number of nitro benzene ring substituents is 1. The van der Waals surface area contributed by atoms with E-state index >= 15 is 0 Å². The first-order valence-corrected chi connectivity index (χ1v) is 3.78. The Balaban J connectivity index is 3.31. The number of hydroxylamine groups is 1. The van der Waals surface area contributed by atoms with Crippen LogP contribution in [0.3, 0.4) is 0 Å². The number of non-ortho nitro benzene ring substituents is 1. The van der Waals surface area contributed by atoms with Crippen LogP contribution in [0.4, 0.5) is 5.69 Å². The number of rotatable bonds is 3. The van der Waals surface area contributed by atoms with Crippen molar-refractivity contribution in [2.75, 3.05) is 0 Å². The summed E-state index contributed by atoms with van der Waals surface area (Å²) in [4.78, 5) is 31.2. The van der Waals surface area contributed by atoms with Crippen molar-refractivity contribution in [1.82, 2.24) is 5.48 Å². The van der Waals surface area contributed by atoms with Crippen LogP contribution >= 0.6 is 0 Å². The third-order valence-corrected chi connectivity index (χ3v) is 1.72. The van der Waals surface area contributed by atoms with E-state index in [1.54, 1.807) is 0 Å². The Morgan fingerprint density at radius 3 is 2.67 bits per heavy atom. The fourth-order valence-electron chi connectivity index (χ4n) is 1.02. The van der Waals surface area contributed by atoms with Crippen LogP contribution in [0.15, 0.2) is 18.2 Å². The van der Waals surface area contributed by atoms with Crippen molar-refractivity contribution in [3.63, 3.8) is 0 Å². The van der Waals surface area contributed by atoms with Crippen molar-refractivity contribution in [1.29, 1.82) is 0 Å². The molecule has 1 amide bonds. The molecule has 1 aromatic carbocycles. The molecule has 0 bridgehead atoms. The van der Waals surface area contributed by atoms with Gasteiger partial charge >= 0.3 is 0 Å². The van der Waals surface area contributed by atoms with E-state index in [2.05, 4.69) is 0 Å². The van der Waals surface area contributed by atoms with Crippen molar-refractivity contribution in [2.24, 2.45) is 0 Å². The van der Waals surface area contributed by atoms with Gasteiger partial charge < -0.3 is 0 Å². The largest absolute Gasteiger partial charge is 0.298 e. The maximum Gasteiger partial charge on any atom is 0.275 e. The van der Waals surface area contributed by atoms with E-state index in [9.17, 15) is 19.7 Å². The molecule has 78 valence electrons. The molecule has 0 atom stereocenters. The molecule has 0 aliphatic heterocycles. The monoisotopic (exact) mass is 210 g/mol. The quantitative estimate of drug-likeness (QED) is 0.327. The zero-order valence-electron chi connectivity index (χ0n) is 7.34. The van der Waals surface area contributed by atoms with Gasteiger partial charge in [-0.1, -0.05) is 0 Å². The minimum atomic E-state index is -0.971. The van der Waals surface area contributed by atoms with E-state index in [-0.39, 0.29) is 16.8 Å². The predicted octanol–water partition coefficient (Wildman–Crippen LogP) is 0.526. The maximum atomic E-state index is 11.0. The van der Waals surface area contributed by atoms with Crippen LogP contribution in [-0.4, -0.2) is 22.3 Å². The highest BCUT2D eigenvalue weighted by Crippen LogP contribution is 2.16. The number of benzene rings is 1. The fourth-order valence-corrected chi connectivity index (χ4v) is 1.02. The second-order valence-corrected chi connectivity index (χ2v) is 2.59. The molecular formula is C8H6N2O5. The van der Waals surface area contributed by atoms with E-state index in [0.717, 1.165) is 18.2 Å². The van der Waals surface area contributed by atoms with E-state index in [1.165, 1.54) is 5.48 Å². The Morgan fingerprint density at radius 1 is 1.53 bits per heavy atom. The van der Waals surface area contributed by atoms with Crippen LogP contribution in [0, 0.1) is 10.1 Å². The number of hydrogen-bond acceptors (Lipinski definition) is 5. The van der Waals surface area contributed by atoms with E-state index in [4.69, 9.17) is 5.21 Å².